The Labute approximate surface area is 78.9 Å². The first kappa shape index (κ1) is 10.3. The van der Waals surface area contributed by atoms with Crippen molar-refractivity contribution in [2.45, 2.75) is 19.3 Å². The normalized spacial score (nSPS) is 18.8. The zero-order valence-electron chi connectivity index (χ0n) is 8.12. The highest BCUT2D eigenvalue weighted by atomic mass is 16.3. The number of hydrogen-bond donors (Lipinski definition) is 2. The summed E-state index contributed by atoms with van der Waals surface area (Å²) in [5.41, 5.74) is 0. The van der Waals surface area contributed by atoms with Crippen LogP contribution in [0.2, 0.25) is 0 Å². The van der Waals surface area contributed by atoms with E-state index in [2.05, 4.69) is 5.32 Å². The fourth-order valence-corrected chi connectivity index (χ4v) is 1.77. The van der Waals surface area contributed by atoms with Crippen molar-refractivity contribution in [1.82, 2.24) is 10.2 Å². The van der Waals surface area contributed by atoms with Gasteiger partial charge < -0.3 is 15.3 Å². The molecule has 1 heterocycles. The summed E-state index contributed by atoms with van der Waals surface area (Å²) in [5, 5.41) is 11.4. The van der Waals surface area contributed by atoms with Gasteiger partial charge in [0.15, 0.2) is 0 Å². The summed E-state index contributed by atoms with van der Waals surface area (Å²) in [6.07, 6.45) is 2.92. The molecule has 0 unspecified atom stereocenters. The van der Waals surface area contributed by atoms with E-state index in [-0.39, 0.29) is 12.6 Å². The zero-order valence-corrected chi connectivity index (χ0v) is 8.12. The fraction of sp³-hybridized carbons (Fsp3) is 0.889. The van der Waals surface area contributed by atoms with E-state index in [0.29, 0.717) is 5.92 Å². The smallest absolute Gasteiger partial charge is 0.317 e. The van der Waals surface area contributed by atoms with E-state index >= 15 is 0 Å². The number of nitrogens with one attached hydrogen (secondary N) is 1. The van der Waals surface area contributed by atoms with Crippen molar-refractivity contribution in [3.05, 3.63) is 0 Å². The van der Waals surface area contributed by atoms with Gasteiger partial charge in [-0.05, 0) is 25.2 Å². The zero-order chi connectivity index (χ0) is 9.68. The van der Waals surface area contributed by atoms with Crippen LogP contribution >= 0.6 is 0 Å². The minimum absolute atomic E-state index is 0.0162. The lowest BCUT2D eigenvalue weighted by Crippen LogP contribution is -2.43. The molecule has 4 heteroatoms. The molecule has 2 N–H and O–H groups in total. The molecule has 1 rings (SSSR count). The molecule has 0 aliphatic carbocycles. The Bertz CT molecular complexity index is 165. The van der Waals surface area contributed by atoms with Crippen molar-refractivity contribution in [1.29, 1.82) is 0 Å². The van der Waals surface area contributed by atoms with Gasteiger partial charge in [0.25, 0.3) is 0 Å². The number of nitrogens with zero attached hydrogens (tertiary/aromatic N) is 1. The molecule has 1 aliphatic heterocycles. The minimum atomic E-state index is 0.0162. The van der Waals surface area contributed by atoms with E-state index in [9.17, 15) is 4.79 Å². The number of hydrogen-bond acceptors (Lipinski definition) is 2. The second-order valence-electron chi connectivity index (χ2n) is 3.50. The molecule has 76 valence electrons. The molecule has 2 amide bonds. The van der Waals surface area contributed by atoms with E-state index in [1.54, 1.807) is 7.05 Å². The van der Waals surface area contributed by atoms with Crippen LogP contribution in [0.5, 0.6) is 0 Å². The third-order valence-electron chi connectivity index (χ3n) is 2.65. The molecule has 0 atom stereocenters. The molecular formula is C9H18N2O2. The van der Waals surface area contributed by atoms with Crippen molar-refractivity contribution in [2.75, 3.05) is 26.7 Å². The Hall–Kier alpha value is -0.770. The third-order valence-corrected chi connectivity index (χ3v) is 2.65. The maximum Gasteiger partial charge on any atom is 0.317 e. The molecule has 0 aromatic rings. The molecule has 1 fully saturated rings. The van der Waals surface area contributed by atoms with E-state index in [1.807, 2.05) is 4.90 Å². The molecule has 4 nitrogen and oxygen atoms in total. The van der Waals surface area contributed by atoms with Crippen molar-refractivity contribution in [3.8, 4) is 0 Å². The maximum atomic E-state index is 11.2. The Morgan fingerprint density at radius 3 is 2.62 bits per heavy atom. The number of amides is 2. The summed E-state index contributed by atoms with van der Waals surface area (Å²) in [4.78, 5) is 13.0. The number of aliphatic hydroxyl groups is 1. The molecule has 0 aromatic heterocycles. The molecule has 0 spiro atoms. The van der Waals surface area contributed by atoms with Gasteiger partial charge in [0.05, 0.1) is 0 Å². The average molecular weight is 186 g/mol. The number of rotatable bonds is 2. The highest BCUT2D eigenvalue weighted by Crippen LogP contribution is 2.19. The summed E-state index contributed by atoms with van der Waals surface area (Å²) >= 11 is 0. The van der Waals surface area contributed by atoms with Crippen LogP contribution in [0.1, 0.15) is 19.3 Å². The molecule has 1 aliphatic rings. The van der Waals surface area contributed by atoms with Crippen LogP contribution in [-0.2, 0) is 0 Å². The van der Waals surface area contributed by atoms with Crippen LogP contribution in [0, 0.1) is 5.92 Å². The fourth-order valence-electron chi connectivity index (χ4n) is 1.77. The van der Waals surface area contributed by atoms with E-state index in [0.717, 1.165) is 32.4 Å². The number of piperidine rings is 1. The van der Waals surface area contributed by atoms with Gasteiger partial charge in [-0.15, -0.1) is 0 Å². The first-order valence-electron chi connectivity index (χ1n) is 4.85. The van der Waals surface area contributed by atoms with E-state index in [1.165, 1.54) is 0 Å². The molecule has 0 saturated carbocycles. The van der Waals surface area contributed by atoms with Gasteiger partial charge in [-0.25, -0.2) is 4.79 Å². The molecule has 0 radical (unpaired) electrons. The first-order valence-corrected chi connectivity index (χ1v) is 4.85. The summed E-state index contributed by atoms with van der Waals surface area (Å²) in [6, 6.07) is 0.0162. The predicted octanol–water partition coefficient (Wildman–Crippen LogP) is 0.420. The number of carbonyl (C=O) groups is 1. The number of urea groups is 1. The van der Waals surface area contributed by atoms with Crippen LogP contribution in [0.15, 0.2) is 0 Å². The van der Waals surface area contributed by atoms with Gasteiger partial charge in [-0.1, -0.05) is 0 Å². The SMILES string of the molecule is CNC(=O)N1CCC(CCO)CC1. The number of carbonyl (C=O) groups excluding carboxylic acids is 1. The Balaban J connectivity index is 2.26. The summed E-state index contributed by atoms with van der Waals surface area (Å²) in [5.74, 6) is 0.603. The van der Waals surface area contributed by atoms with Gasteiger partial charge in [0.2, 0.25) is 0 Å². The Morgan fingerprint density at radius 2 is 2.15 bits per heavy atom. The van der Waals surface area contributed by atoms with Gasteiger partial charge in [-0.3, -0.25) is 0 Å². The predicted molar refractivity (Wildman–Crippen MR) is 50.5 cm³/mol. The molecule has 0 bridgehead atoms. The van der Waals surface area contributed by atoms with Crippen molar-refractivity contribution >= 4 is 6.03 Å². The van der Waals surface area contributed by atoms with Gasteiger partial charge in [-0.2, -0.15) is 0 Å². The van der Waals surface area contributed by atoms with E-state index < -0.39 is 0 Å². The van der Waals surface area contributed by atoms with E-state index in [4.69, 9.17) is 5.11 Å². The summed E-state index contributed by atoms with van der Waals surface area (Å²) < 4.78 is 0. The second-order valence-corrected chi connectivity index (χ2v) is 3.50. The quantitative estimate of drug-likeness (QED) is 0.656. The standard InChI is InChI=1S/C9H18N2O2/c1-10-9(13)11-5-2-8(3-6-11)4-7-12/h8,12H,2-7H2,1H3,(H,10,13). The lowest BCUT2D eigenvalue weighted by molar-refractivity contribution is 0.159. The van der Waals surface area contributed by atoms with Crippen LogP contribution in [0.4, 0.5) is 4.79 Å². The lowest BCUT2D eigenvalue weighted by Gasteiger charge is -2.31. The summed E-state index contributed by atoms with van der Waals surface area (Å²) in [6.45, 7) is 1.92. The second kappa shape index (κ2) is 5.07. The molecule has 1 saturated heterocycles. The molecule has 0 aromatic carbocycles. The maximum absolute atomic E-state index is 11.2. The van der Waals surface area contributed by atoms with Gasteiger partial charge >= 0.3 is 6.03 Å². The van der Waals surface area contributed by atoms with Crippen molar-refractivity contribution in [2.24, 2.45) is 5.92 Å². The molecular weight excluding hydrogens is 168 g/mol. The highest BCUT2D eigenvalue weighted by molar-refractivity contribution is 5.73. The Kier molecular flexibility index (Phi) is 4.02. The van der Waals surface area contributed by atoms with Crippen LogP contribution < -0.4 is 5.32 Å². The van der Waals surface area contributed by atoms with Gasteiger partial charge in [0, 0.05) is 26.7 Å². The Morgan fingerprint density at radius 1 is 1.54 bits per heavy atom. The van der Waals surface area contributed by atoms with Crippen LogP contribution in [0.25, 0.3) is 0 Å². The highest BCUT2D eigenvalue weighted by Gasteiger charge is 2.21. The summed E-state index contributed by atoms with van der Waals surface area (Å²) in [7, 11) is 1.65. The monoisotopic (exact) mass is 186 g/mol. The van der Waals surface area contributed by atoms with Crippen molar-refractivity contribution in [3.63, 3.8) is 0 Å². The number of likely N-dealkylation sites (tertiary alicyclic amines) is 1. The van der Waals surface area contributed by atoms with Crippen molar-refractivity contribution < 1.29 is 9.90 Å². The topological polar surface area (TPSA) is 52.6 Å². The van der Waals surface area contributed by atoms with Crippen LogP contribution in [0.3, 0.4) is 0 Å². The molecule has 13 heavy (non-hydrogen) atoms. The first-order chi connectivity index (χ1) is 6.27. The van der Waals surface area contributed by atoms with Gasteiger partial charge in [0.1, 0.15) is 0 Å². The number of aliphatic hydroxyl groups excluding tert-OH is 1. The lowest BCUT2D eigenvalue weighted by atomic mass is 9.94. The largest absolute Gasteiger partial charge is 0.396 e. The third kappa shape index (κ3) is 2.88. The average Bonchev–Trinajstić information content (AvgIpc) is 2.18. The van der Waals surface area contributed by atoms with Crippen LogP contribution in [-0.4, -0.2) is 42.8 Å². The minimum Gasteiger partial charge on any atom is -0.396 e.